The predicted molar refractivity (Wildman–Crippen MR) is 76.7 cm³/mol. The largest absolute Gasteiger partial charge is 0.508 e. The summed E-state index contributed by atoms with van der Waals surface area (Å²) in [7, 11) is 0. The molecule has 0 saturated heterocycles. The van der Waals surface area contributed by atoms with E-state index in [0.29, 0.717) is 16.1 Å². The van der Waals surface area contributed by atoms with Crippen molar-refractivity contribution in [1.82, 2.24) is 4.98 Å². The van der Waals surface area contributed by atoms with E-state index in [1.807, 2.05) is 12.1 Å². The molecule has 1 heterocycles. The average Bonchev–Trinajstić information content (AvgIpc) is 2.39. The molecular formula is C15H10ClNO2. The van der Waals surface area contributed by atoms with Crippen molar-refractivity contribution in [3.8, 4) is 16.9 Å². The van der Waals surface area contributed by atoms with Crippen molar-refractivity contribution >= 4 is 22.5 Å². The van der Waals surface area contributed by atoms with Gasteiger partial charge < -0.3 is 10.1 Å². The van der Waals surface area contributed by atoms with Gasteiger partial charge in [-0.1, -0.05) is 29.8 Å². The highest BCUT2D eigenvalue weighted by Gasteiger charge is 2.06. The van der Waals surface area contributed by atoms with Crippen LogP contribution in [-0.2, 0) is 0 Å². The Morgan fingerprint density at radius 3 is 2.47 bits per heavy atom. The normalized spacial score (nSPS) is 10.8. The van der Waals surface area contributed by atoms with Crippen molar-refractivity contribution < 1.29 is 5.11 Å². The van der Waals surface area contributed by atoms with Gasteiger partial charge in [0.1, 0.15) is 5.75 Å². The van der Waals surface area contributed by atoms with Gasteiger partial charge in [0.05, 0.1) is 0 Å². The van der Waals surface area contributed by atoms with Crippen LogP contribution in [0.15, 0.2) is 53.3 Å². The highest BCUT2D eigenvalue weighted by atomic mass is 35.5. The SMILES string of the molecule is O=c1[nH]c2cc(Cl)ccc2cc1-c1ccc(O)cc1. The van der Waals surface area contributed by atoms with Crippen molar-refractivity contribution in [2.24, 2.45) is 0 Å². The Hall–Kier alpha value is -2.26. The van der Waals surface area contributed by atoms with Crippen molar-refractivity contribution in [2.45, 2.75) is 0 Å². The lowest BCUT2D eigenvalue weighted by Gasteiger charge is -2.04. The molecule has 0 saturated carbocycles. The second-order valence-corrected chi connectivity index (χ2v) is 4.73. The molecule has 0 aliphatic heterocycles. The lowest BCUT2D eigenvalue weighted by atomic mass is 10.1. The molecule has 0 aliphatic carbocycles. The summed E-state index contributed by atoms with van der Waals surface area (Å²) < 4.78 is 0. The molecule has 0 unspecified atom stereocenters. The zero-order chi connectivity index (χ0) is 13.4. The highest BCUT2D eigenvalue weighted by molar-refractivity contribution is 6.31. The topological polar surface area (TPSA) is 53.1 Å². The molecule has 3 rings (SSSR count). The molecule has 3 nitrogen and oxygen atoms in total. The third-order valence-corrected chi connectivity index (χ3v) is 3.22. The average molecular weight is 272 g/mol. The summed E-state index contributed by atoms with van der Waals surface area (Å²) in [5, 5.41) is 10.8. The Morgan fingerprint density at radius 2 is 1.74 bits per heavy atom. The molecule has 0 radical (unpaired) electrons. The van der Waals surface area contributed by atoms with Crippen molar-refractivity contribution in [3.05, 3.63) is 63.9 Å². The molecule has 3 aromatic rings. The van der Waals surface area contributed by atoms with E-state index in [2.05, 4.69) is 4.98 Å². The number of benzene rings is 2. The van der Waals surface area contributed by atoms with Crippen LogP contribution in [0.4, 0.5) is 0 Å². The van der Waals surface area contributed by atoms with Crippen LogP contribution in [-0.4, -0.2) is 10.1 Å². The maximum Gasteiger partial charge on any atom is 0.256 e. The number of hydrogen-bond donors (Lipinski definition) is 2. The van der Waals surface area contributed by atoms with Crippen molar-refractivity contribution in [1.29, 1.82) is 0 Å². The summed E-state index contributed by atoms with van der Waals surface area (Å²) in [6, 6.07) is 13.7. The van der Waals surface area contributed by atoms with Crippen LogP contribution in [0.25, 0.3) is 22.0 Å². The van der Waals surface area contributed by atoms with E-state index in [-0.39, 0.29) is 11.3 Å². The van der Waals surface area contributed by atoms with Crippen LogP contribution in [0.3, 0.4) is 0 Å². The van der Waals surface area contributed by atoms with Gasteiger partial charge in [0.25, 0.3) is 5.56 Å². The molecule has 0 bridgehead atoms. The Balaban J connectivity index is 2.24. The second-order valence-electron chi connectivity index (χ2n) is 4.29. The zero-order valence-electron chi connectivity index (χ0n) is 9.85. The number of hydrogen-bond acceptors (Lipinski definition) is 2. The molecule has 2 N–H and O–H groups in total. The molecule has 1 aromatic heterocycles. The second kappa shape index (κ2) is 4.44. The van der Waals surface area contributed by atoms with Gasteiger partial charge >= 0.3 is 0 Å². The summed E-state index contributed by atoms with van der Waals surface area (Å²) in [4.78, 5) is 14.9. The Labute approximate surface area is 114 Å². The van der Waals surface area contributed by atoms with Crippen LogP contribution >= 0.6 is 11.6 Å². The number of pyridine rings is 1. The lowest BCUT2D eigenvalue weighted by molar-refractivity contribution is 0.475. The minimum Gasteiger partial charge on any atom is -0.508 e. The summed E-state index contributed by atoms with van der Waals surface area (Å²) in [6.45, 7) is 0. The molecular weight excluding hydrogens is 262 g/mol. The first-order valence-electron chi connectivity index (χ1n) is 5.75. The molecule has 0 spiro atoms. The van der Waals surface area contributed by atoms with Crippen molar-refractivity contribution in [2.75, 3.05) is 0 Å². The van der Waals surface area contributed by atoms with Gasteiger partial charge in [0.15, 0.2) is 0 Å². The molecule has 0 amide bonds. The number of phenols is 1. The molecule has 4 heteroatoms. The van der Waals surface area contributed by atoms with Gasteiger partial charge in [0.2, 0.25) is 0 Å². The van der Waals surface area contributed by atoms with Gasteiger partial charge in [-0.3, -0.25) is 4.79 Å². The molecule has 0 aliphatic rings. The number of rotatable bonds is 1. The quantitative estimate of drug-likeness (QED) is 0.711. The van der Waals surface area contributed by atoms with Crippen LogP contribution in [0.2, 0.25) is 5.02 Å². The van der Waals surface area contributed by atoms with Crippen molar-refractivity contribution in [3.63, 3.8) is 0 Å². The highest BCUT2D eigenvalue weighted by Crippen LogP contribution is 2.23. The number of aromatic hydroxyl groups is 1. The monoisotopic (exact) mass is 271 g/mol. The molecule has 19 heavy (non-hydrogen) atoms. The van der Waals surface area contributed by atoms with E-state index in [1.165, 1.54) is 0 Å². The van der Waals surface area contributed by atoms with Gasteiger partial charge in [0, 0.05) is 16.1 Å². The van der Waals surface area contributed by atoms with E-state index in [9.17, 15) is 9.90 Å². The minimum atomic E-state index is -0.180. The van der Waals surface area contributed by atoms with E-state index in [1.54, 1.807) is 36.4 Å². The number of fused-ring (bicyclic) bond motifs is 1. The van der Waals surface area contributed by atoms with Gasteiger partial charge in [-0.2, -0.15) is 0 Å². The van der Waals surface area contributed by atoms with Gasteiger partial charge in [-0.25, -0.2) is 0 Å². The number of aromatic nitrogens is 1. The smallest absolute Gasteiger partial charge is 0.256 e. The Kier molecular flexibility index (Phi) is 2.76. The lowest BCUT2D eigenvalue weighted by Crippen LogP contribution is -2.08. The zero-order valence-corrected chi connectivity index (χ0v) is 10.6. The Morgan fingerprint density at radius 1 is 1.00 bits per heavy atom. The van der Waals surface area contributed by atoms with E-state index in [0.717, 1.165) is 10.9 Å². The fraction of sp³-hybridized carbons (Fsp3) is 0. The fourth-order valence-corrected chi connectivity index (χ4v) is 2.20. The summed E-state index contributed by atoms with van der Waals surface area (Å²) >= 11 is 5.90. The first-order valence-corrected chi connectivity index (χ1v) is 6.13. The van der Waals surface area contributed by atoms with Crippen LogP contribution in [0, 0.1) is 0 Å². The predicted octanol–water partition coefficient (Wildman–Crippen LogP) is 3.55. The molecule has 94 valence electrons. The minimum absolute atomic E-state index is 0.174. The van der Waals surface area contributed by atoms with E-state index >= 15 is 0 Å². The molecule has 0 fully saturated rings. The summed E-state index contributed by atoms with van der Waals surface area (Å²) in [5.74, 6) is 0.174. The van der Waals surface area contributed by atoms with Crippen LogP contribution in [0.1, 0.15) is 0 Å². The summed E-state index contributed by atoms with van der Waals surface area (Å²) in [6.07, 6.45) is 0. The number of phenolic OH excluding ortho intramolecular Hbond substituents is 1. The third-order valence-electron chi connectivity index (χ3n) is 2.99. The third kappa shape index (κ3) is 2.20. The first kappa shape index (κ1) is 11.8. The van der Waals surface area contributed by atoms with Gasteiger partial charge in [-0.15, -0.1) is 0 Å². The van der Waals surface area contributed by atoms with Crippen LogP contribution < -0.4 is 5.56 Å². The number of nitrogens with one attached hydrogen (secondary N) is 1. The standard InChI is InChI=1S/C15H10ClNO2/c16-11-4-1-10-7-13(15(19)17-14(10)8-11)9-2-5-12(18)6-3-9/h1-8,18H,(H,17,19). The fourth-order valence-electron chi connectivity index (χ4n) is 2.03. The maximum atomic E-state index is 12.1. The first-order chi connectivity index (χ1) is 9.13. The Bertz CT molecular complexity index is 806. The number of halogens is 1. The molecule has 0 atom stereocenters. The molecule has 2 aromatic carbocycles. The number of H-pyrrole nitrogens is 1. The van der Waals surface area contributed by atoms with E-state index < -0.39 is 0 Å². The number of aromatic amines is 1. The van der Waals surface area contributed by atoms with E-state index in [4.69, 9.17) is 11.6 Å². The summed E-state index contributed by atoms with van der Waals surface area (Å²) in [5.41, 5.74) is 1.85. The maximum absolute atomic E-state index is 12.1. The van der Waals surface area contributed by atoms with Gasteiger partial charge in [-0.05, 0) is 41.3 Å². The van der Waals surface area contributed by atoms with Crippen LogP contribution in [0.5, 0.6) is 5.75 Å².